The summed E-state index contributed by atoms with van der Waals surface area (Å²) in [7, 11) is -3.48. The van der Waals surface area contributed by atoms with E-state index in [9.17, 15) is 31.7 Å². The third kappa shape index (κ3) is 6.71. The SMILES string of the molecule is CC(C)NS(=O)(=O)Cc1ccc(CNc2ccc([N+](=O)[O-])cc2C(F)(F)F)cc1. The molecule has 0 atom stereocenters. The van der Waals surface area contributed by atoms with Crippen molar-refractivity contribution in [3.8, 4) is 0 Å². The van der Waals surface area contributed by atoms with Gasteiger partial charge < -0.3 is 5.32 Å². The van der Waals surface area contributed by atoms with Crippen LogP contribution in [-0.4, -0.2) is 19.4 Å². The molecule has 29 heavy (non-hydrogen) atoms. The van der Waals surface area contributed by atoms with Crippen molar-refractivity contribution >= 4 is 21.4 Å². The number of nitrogens with zero attached hydrogens (tertiary/aromatic N) is 1. The minimum atomic E-state index is -4.75. The Morgan fingerprint density at radius 2 is 1.66 bits per heavy atom. The quantitative estimate of drug-likeness (QED) is 0.485. The minimum Gasteiger partial charge on any atom is -0.380 e. The first kappa shape index (κ1) is 22.6. The number of non-ortho nitro benzene ring substituents is 1. The minimum absolute atomic E-state index is 0.0260. The molecule has 0 fully saturated rings. The van der Waals surface area contributed by atoms with E-state index in [0.29, 0.717) is 17.2 Å². The maximum Gasteiger partial charge on any atom is 0.418 e. The molecule has 0 aromatic heterocycles. The van der Waals surface area contributed by atoms with Crippen LogP contribution in [0.1, 0.15) is 30.5 Å². The molecule has 0 saturated heterocycles. The van der Waals surface area contributed by atoms with E-state index in [1.807, 2.05) is 0 Å². The fraction of sp³-hybridized carbons (Fsp3) is 0.333. The van der Waals surface area contributed by atoms with Gasteiger partial charge in [-0.25, -0.2) is 13.1 Å². The summed E-state index contributed by atoms with van der Waals surface area (Å²) in [5.74, 6) is -0.209. The van der Waals surface area contributed by atoms with Gasteiger partial charge in [-0.3, -0.25) is 10.1 Å². The number of rotatable bonds is 8. The summed E-state index contributed by atoms with van der Waals surface area (Å²) in [4.78, 5) is 9.84. The number of nitrogens with one attached hydrogen (secondary N) is 2. The van der Waals surface area contributed by atoms with Crippen molar-refractivity contribution in [2.75, 3.05) is 5.32 Å². The van der Waals surface area contributed by atoms with Gasteiger partial charge in [-0.2, -0.15) is 13.2 Å². The van der Waals surface area contributed by atoms with E-state index in [1.54, 1.807) is 38.1 Å². The van der Waals surface area contributed by atoms with Gasteiger partial charge in [-0.05, 0) is 31.0 Å². The number of hydrogen-bond donors (Lipinski definition) is 2. The summed E-state index contributed by atoms with van der Waals surface area (Å²) in [6, 6.07) is 8.63. The molecule has 0 heterocycles. The molecule has 0 radical (unpaired) electrons. The predicted octanol–water partition coefficient (Wildman–Crippen LogP) is 4.05. The second-order valence-electron chi connectivity index (χ2n) is 6.69. The van der Waals surface area contributed by atoms with E-state index >= 15 is 0 Å². The van der Waals surface area contributed by atoms with Gasteiger partial charge in [0, 0.05) is 30.4 Å². The zero-order valence-corrected chi connectivity index (χ0v) is 16.5. The number of alkyl halides is 3. The van der Waals surface area contributed by atoms with Crippen LogP contribution < -0.4 is 10.0 Å². The first-order valence-electron chi connectivity index (χ1n) is 8.55. The highest BCUT2D eigenvalue weighted by atomic mass is 32.2. The summed E-state index contributed by atoms with van der Waals surface area (Å²) < 4.78 is 65.9. The Morgan fingerprint density at radius 3 is 2.17 bits per heavy atom. The van der Waals surface area contributed by atoms with Crippen molar-refractivity contribution in [3.63, 3.8) is 0 Å². The zero-order valence-electron chi connectivity index (χ0n) is 15.7. The predicted molar refractivity (Wildman–Crippen MR) is 103 cm³/mol. The maximum absolute atomic E-state index is 13.2. The van der Waals surface area contributed by atoms with Gasteiger partial charge in [0.15, 0.2) is 0 Å². The molecule has 0 bridgehead atoms. The fourth-order valence-electron chi connectivity index (χ4n) is 2.61. The van der Waals surface area contributed by atoms with Gasteiger partial charge in [-0.15, -0.1) is 0 Å². The van der Waals surface area contributed by atoms with E-state index in [0.717, 1.165) is 12.1 Å². The summed E-state index contributed by atoms with van der Waals surface area (Å²) in [6.07, 6.45) is -4.75. The Morgan fingerprint density at radius 1 is 1.07 bits per heavy atom. The second kappa shape index (κ2) is 8.78. The van der Waals surface area contributed by atoms with Crippen molar-refractivity contribution in [1.29, 1.82) is 0 Å². The molecular formula is C18H20F3N3O4S. The molecule has 0 amide bonds. The van der Waals surface area contributed by atoms with Crippen molar-refractivity contribution < 1.29 is 26.5 Å². The molecule has 11 heteroatoms. The molecule has 0 saturated carbocycles. The average molecular weight is 431 g/mol. The molecule has 158 valence electrons. The number of nitro benzene ring substituents is 1. The van der Waals surface area contributed by atoms with Crippen LogP contribution in [0.25, 0.3) is 0 Å². The highest BCUT2D eigenvalue weighted by Crippen LogP contribution is 2.37. The van der Waals surface area contributed by atoms with Crippen LogP contribution in [0.5, 0.6) is 0 Å². The second-order valence-corrected chi connectivity index (χ2v) is 8.44. The Bertz CT molecular complexity index is 975. The van der Waals surface area contributed by atoms with Crippen LogP contribution in [0.2, 0.25) is 0 Å². The lowest BCUT2D eigenvalue weighted by Gasteiger charge is -2.15. The van der Waals surface area contributed by atoms with Gasteiger partial charge in [0.05, 0.1) is 16.2 Å². The fourth-order valence-corrected chi connectivity index (χ4v) is 4.04. The monoisotopic (exact) mass is 431 g/mol. The number of nitro groups is 1. The van der Waals surface area contributed by atoms with Crippen LogP contribution >= 0.6 is 0 Å². The molecular weight excluding hydrogens is 411 g/mol. The van der Waals surface area contributed by atoms with Gasteiger partial charge >= 0.3 is 6.18 Å². The lowest BCUT2D eigenvalue weighted by Crippen LogP contribution is -2.31. The molecule has 0 aliphatic heterocycles. The first-order valence-corrected chi connectivity index (χ1v) is 10.2. The number of anilines is 1. The van der Waals surface area contributed by atoms with Crippen LogP contribution in [0.3, 0.4) is 0 Å². The molecule has 0 spiro atoms. The lowest BCUT2D eigenvalue weighted by molar-refractivity contribution is -0.385. The first-order chi connectivity index (χ1) is 13.4. The smallest absolute Gasteiger partial charge is 0.380 e. The van der Waals surface area contributed by atoms with Crippen LogP contribution in [-0.2, 0) is 28.5 Å². The van der Waals surface area contributed by atoms with Crippen LogP contribution in [0.4, 0.5) is 24.5 Å². The van der Waals surface area contributed by atoms with E-state index in [2.05, 4.69) is 10.0 Å². The maximum atomic E-state index is 13.2. The number of benzene rings is 2. The molecule has 2 aromatic rings. The van der Waals surface area contributed by atoms with Crippen LogP contribution in [0, 0.1) is 10.1 Å². The van der Waals surface area contributed by atoms with E-state index in [4.69, 9.17) is 0 Å². The largest absolute Gasteiger partial charge is 0.418 e. The molecule has 0 aliphatic rings. The Kier molecular flexibility index (Phi) is 6.85. The Hall–Kier alpha value is -2.66. The highest BCUT2D eigenvalue weighted by molar-refractivity contribution is 7.88. The van der Waals surface area contributed by atoms with E-state index in [-0.39, 0.29) is 24.0 Å². The zero-order chi connectivity index (χ0) is 21.8. The molecule has 0 unspecified atom stereocenters. The molecule has 2 N–H and O–H groups in total. The molecule has 0 aliphatic carbocycles. The van der Waals surface area contributed by atoms with Gasteiger partial charge in [0.25, 0.3) is 5.69 Å². The highest BCUT2D eigenvalue weighted by Gasteiger charge is 2.35. The molecule has 2 aromatic carbocycles. The third-order valence-electron chi connectivity index (χ3n) is 3.80. The summed E-state index contributed by atoms with van der Waals surface area (Å²) in [5, 5.41) is 13.4. The lowest BCUT2D eigenvalue weighted by atomic mass is 10.1. The van der Waals surface area contributed by atoms with Gasteiger partial charge in [0.1, 0.15) is 0 Å². The Labute approximate surface area is 166 Å². The topological polar surface area (TPSA) is 101 Å². The summed E-state index contributed by atoms with van der Waals surface area (Å²) in [5.41, 5.74) is -0.906. The summed E-state index contributed by atoms with van der Waals surface area (Å²) >= 11 is 0. The van der Waals surface area contributed by atoms with Gasteiger partial charge in [0.2, 0.25) is 10.0 Å². The van der Waals surface area contributed by atoms with Crippen LogP contribution in [0.15, 0.2) is 42.5 Å². The molecule has 7 nitrogen and oxygen atoms in total. The van der Waals surface area contributed by atoms with Crippen molar-refractivity contribution in [2.45, 2.75) is 38.4 Å². The van der Waals surface area contributed by atoms with E-state index < -0.39 is 32.4 Å². The average Bonchev–Trinajstić information content (AvgIpc) is 2.58. The van der Waals surface area contributed by atoms with E-state index in [1.165, 1.54) is 0 Å². The number of hydrogen-bond acceptors (Lipinski definition) is 5. The number of halogens is 3. The third-order valence-corrected chi connectivity index (χ3v) is 5.34. The van der Waals surface area contributed by atoms with Crippen molar-refractivity contribution in [1.82, 2.24) is 4.72 Å². The normalized spacial score (nSPS) is 12.2. The standard InChI is InChI=1S/C18H20F3N3O4S/c1-12(2)23-29(27,28)11-14-5-3-13(4-6-14)10-22-17-8-7-15(24(25)26)9-16(17)18(19,20)21/h3-9,12,22-23H,10-11H2,1-2H3. The molecule has 2 rings (SSSR count). The van der Waals surface area contributed by atoms with Crippen molar-refractivity contribution in [2.24, 2.45) is 0 Å². The summed E-state index contributed by atoms with van der Waals surface area (Å²) in [6.45, 7) is 3.44. The Balaban J connectivity index is 2.11. The number of sulfonamides is 1. The van der Waals surface area contributed by atoms with Gasteiger partial charge in [-0.1, -0.05) is 24.3 Å². The van der Waals surface area contributed by atoms with Crippen molar-refractivity contribution in [3.05, 3.63) is 69.3 Å².